The first kappa shape index (κ1) is 12.9. The van der Waals surface area contributed by atoms with Crippen LogP contribution in [0.25, 0.3) is 11.1 Å². The maximum absolute atomic E-state index is 12.2. The number of amides is 1. The topological polar surface area (TPSA) is 73.0 Å². The number of aromatic nitrogens is 3. The van der Waals surface area contributed by atoms with Crippen LogP contribution < -0.4 is 5.32 Å². The lowest BCUT2D eigenvalue weighted by Crippen LogP contribution is -2.15. The highest BCUT2D eigenvalue weighted by atomic mass is 79.9. The number of hydrogen-bond donors (Lipinski definition) is 1. The zero-order valence-electron chi connectivity index (χ0n) is 10.8. The Balaban J connectivity index is 1.90. The first-order chi connectivity index (χ1) is 9.54. The Labute approximate surface area is 122 Å². The van der Waals surface area contributed by atoms with E-state index in [1.807, 2.05) is 20.2 Å². The molecule has 1 amide bonds. The van der Waals surface area contributed by atoms with Gasteiger partial charge in [0.2, 0.25) is 0 Å². The predicted molar refractivity (Wildman–Crippen MR) is 77.6 cm³/mol. The van der Waals surface area contributed by atoms with Crippen molar-refractivity contribution in [3.63, 3.8) is 0 Å². The van der Waals surface area contributed by atoms with E-state index in [-0.39, 0.29) is 5.91 Å². The fourth-order valence-corrected chi connectivity index (χ4v) is 2.48. The van der Waals surface area contributed by atoms with Crippen molar-refractivity contribution in [3.8, 4) is 0 Å². The van der Waals surface area contributed by atoms with Gasteiger partial charge in [0.25, 0.3) is 11.6 Å². The summed E-state index contributed by atoms with van der Waals surface area (Å²) in [5.74, 6) is -0.201. The van der Waals surface area contributed by atoms with Crippen LogP contribution >= 0.6 is 15.9 Å². The number of pyridine rings is 1. The van der Waals surface area contributed by atoms with E-state index in [2.05, 4.69) is 31.4 Å². The van der Waals surface area contributed by atoms with Crippen molar-refractivity contribution in [2.24, 2.45) is 7.05 Å². The number of hydrogen-bond acceptors (Lipinski definition) is 4. The summed E-state index contributed by atoms with van der Waals surface area (Å²) in [4.78, 5) is 16.3. The van der Waals surface area contributed by atoms with Crippen molar-refractivity contribution >= 4 is 38.6 Å². The van der Waals surface area contributed by atoms with Crippen molar-refractivity contribution in [2.75, 3.05) is 5.32 Å². The van der Waals surface area contributed by atoms with Crippen LogP contribution in [0.4, 0.5) is 5.69 Å². The Hall–Kier alpha value is -2.15. The molecule has 0 bridgehead atoms. The Kier molecular flexibility index (Phi) is 3.06. The molecule has 3 aromatic heterocycles. The summed E-state index contributed by atoms with van der Waals surface area (Å²) >= 11 is 3.34. The lowest BCUT2D eigenvalue weighted by molar-refractivity contribution is 0.101. The molecule has 20 heavy (non-hydrogen) atoms. The fourth-order valence-electron chi connectivity index (χ4n) is 1.96. The molecule has 0 fully saturated rings. The van der Waals surface area contributed by atoms with Crippen LogP contribution in [0.1, 0.15) is 16.2 Å². The summed E-state index contributed by atoms with van der Waals surface area (Å²) in [6, 6.07) is 3.55. The van der Waals surface area contributed by atoms with E-state index in [1.165, 1.54) is 0 Å². The molecule has 0 aliphatic rings. The fraction of sp³-hybridized carbons (Fsp3) is 0.154. The zero-order valence-corrected chi connectivity index (χ0v) is 12.4. The molecule has 0 saturated heterocycles. The van der Waals surface area contributed by atoms with Gasteiger partial charge >= 0.3 is 0 Å². The molecule has 0 unspecified atom stereocenters. The quantitative estimate of drug-likeness (QED) is 0.782. The van der Waals surface area contributed by atoms with Crippen LogP contribution in [0.3, 0.4) is 0 Å². The molecule has 0 radical (unpaired) electrons. The molecule has 0 spiro atoms. The SMILES string of the molecule is Cc1noc2ncc(NC(=O)c3cc(Br)cn3C)cc12. The van der Waals surface area contributed by atoms with E-state index in [9.17, 15) is 4.79 Å². The van der Waals surface area contributed by atoms with E-state index in [0.29, 0.717) is 17.1 Å². The largest absolute Gasteiger partial charge is 0.345 e. The van der Waals surface area contributed by atoms with E-state index in [1.54, 1.807) is 22.9 Å². The number of rotatable bonds is 2. The standard InChI is InChI=1S/C13H11BrN4O2/c1-7-10-4-9(5-15-13(10)20-17-7)16-12(19)11-3-8(14)6-18(11)2/h3-6H,1-2H3,(H,16,19). The van der Waals surface area contributed by atoms with E-state index < -0.39 is 0 Å². The maximum atomic E-state index is 12.2. The van der Waals surface area contributed by atoms with Gasteiger partial charge in [0.15, 0.2) is 0 Å². The van der Waals surface area contributed by atoms with E-state index in [4.69, 9.17) is 4.52 Å². The number of anilines is 1. The third kappa shape index (κ3) is 2.20. The molecular formula is C13H11BrN4O2. The maximum Gasteiger partial charge on any atom is 0.272 e. The number of nitrogens with one attached hydrogen (secondary N) is 1. The Morgan fingerprint density at radius 1 is 1.45 bits per heavy atom. The van der Waals surface area contributed by atoms with Crippen LogP contribution in [0.15, 0.2) is 33.5 Å². The number of nitrogens with zero attached hydrogens (tertiary/aromatic N) is 3. The molecule has 3 aromatic rings. The molecular weight excluding hydrogens is 324 g/mol. The van der Waals surface area contributed by atoms with Crippen LogP contribution in [-0.2, 0) is 7.05 Å². The number of fused-ring (bicyclic) bond motifs is 1. The van der Waals surface area contributed by atoms with Gasteiger partial charge in [0, 0.05) is 17.7 Å². The molecule has 6 nitrogen and oxygen atoms in total. The minimum Gasteiger partial charge on any atom is -0.345 e. The predicted octanol–water partition coefficient (Wildman–Crippen LogP) is 2.88. The monoisotopic (exact) mass is 334 g/mol. The van der Waals surface area contributed by atoms with Gasteiger partial charge in [0.1, 0.15) is 5.69 Å². The molecule has 7 heteroatoms. The molecule has 0 aliphatic carbocycles. The first-order valence-electron chi connectivity index (χ1n) is 5.90. The number of halogens is 1. The van der Waals surface area contributed by atoms with Gasteiger partial charge < -0.3 is 14.4 Å². The molecule has 1 N–H and O–H groups in total. The Morgan fingerprint density at radius 3 is 2.95 bits per heavy atom. The Morgan fingerprint density at radius 2 is 2.25 bits per heavy atom. The highest BCUT2D eigenvalue weighted by Crippen LogP contribution is 2.20. The van der Waals surface area contributed by atoms with Crippen molar-refractivity contribution in [1.29, 1.82) is 0 Å². The molecule has 3 heterocycles. The van der Waals surface area contributed by atoms with E-state index >= 15 is 0 Å². The molecule has 3 rings (SSSR count). The van der Waals surface area contributed by atoms with Crippen molar-refractivity contribution < 1.29 is 9.32 Å². The van der Waals surface area contributed by atoms with Gasteiger partial charge in [0.05, 0.1) is 23.0 Å². The average Bonchev–Trinajstić information content (AvgIpc) is 2.93. The average molecular weight is 335 g/mol. The van der Waals surface area contributed by atoms with Gasteiger partial charge in [-0.3, -0.25) is 4.79 Å². The number of carbonyl (C=O) groups excluding carboxylic acids is 1. The molecule has 0 atom stereocenters. The normalized spacial score (nSPS) is 10.9. The molecule has 0 saturated carbocycles. The van der Waals surface area contributed by atoms with Crippen LogP contribution in [0.5, 0.6) is 0 Å². The van der Waals surface area contributed by atoms with Gasteiger partial charge in [-0.15, -0.1) is 0 Å². The third-order valence-corrected chi connectivity index (χ3v) is 3.41. The summed E-state index contributed by atoms with van der Waals surface area (Å²) in [5, 5.41) is 7.43. The van der Waals surface area contributed by atoms with Crippen molar-refractivity contribution in [1.82, 2.24) is 14.7 Å². The second-order valence-corrected chi connectivity index (χ2v) is 5.37. The first-order valence-corrected chi connectivity index (χ1v) is 6.69. The van der Waals surface area contributed by atoms with E-state index in [0.717, 1.165) is 15.6 Å². The summed E-state index contributed by atoms with van der Waals surface area (Å²) in [6.45, 7) is 1.83. The van der Waals surface area contributed by atoms with Crippen LogP contribution in [0, 0.1) is 6.92 Å². The summed E-state index contributed by atoms with van der Waals surface area (Å²) in [5.41, 5.74) is 2.36. The second kappa shape index (κ2) is 4.75. The molecule has 102 valence electrons. The van der Waals surface area contributed by atoms with Crippen LogP contribution in [0.2, 0.25) is 0 Å². The van der Waals surface area contributed by atoms with Gasteiger partial charge in [-0.1, -0.05) is 5.16 Å². The number of aryl methyl sites for hydroxylation is 2. The van der Waals surface area contributed by atoms with Gasteiger partial charge in [-0.2, -0.15) is 0 Å². The smallest absolute Gasteiger partial charge is 0.272 e. The minimum atomic E-state index is -0.201. The van der Waals surface area contributed by atoms with Crippen LogP contribution in [-0.4, -0.2) is 20.6 Å². The van der Waals surface area contributed by atoms with Gasteiger partial charge in [-0.25, -0.2) is 4.98 Å². The van der Waals surface area contributed by atoms with Crippen molar-refractivity contribution in [2.45, 2.75) is 6.92 Å². The summed E-state index contributed by atoms with van der Waals surface area (Å²) in [6.07, 6.45) is 3.36. The summed E-state index contributed by atoms with van der Waals surface area (Å²) in [7, 11) is 1.81. The van der Waals surface area contributed by atoms with Gasteiger partial charge in [-0.05, 0) is 35.0 Å². The lowest BCUT2D eigenvalue weighted by Gasteiger charge is -2.05. The molecule has 0 aromatic carbocycles. The third-order valence-electron chi connectivity index (χ3n) is 2.97. The lowest BCUT2D eigenvalue weighted by atomic mass is 10.2. The highest BCUT2D eigenvalue weighted by Gasteiger charge is 2.13. The zero-order chi connectivity index (χ0) is 14.3. The summed E-state index contributed by atoms with van der Waals surface area (Å²) < 4.78 is 7.63. The number of carbonyl (C=O) groups is 1. The molecule has 0 aliphatic heterocycles. The van der Waals surface area contributed by atoms with Crippen molar-refractivity contribution in [3.05, 3.63) is 40.4 Å². The highest BCUT2D eigenvalue weighted by molar-refractivity contribution is 9.10. The Bertz CT molecular complexity index is 806. The second-order valence-electron chi connectivity index (χ2n) is 4.45. The minimum absolute atomic E-state index is 0.201.